The summed E-state index contributed by atoms with van der Waals surface area (Å²) in [6.45, 7) is 5.23. The number of nitrogen functional groups attached to an aromatic ring is 1. The van der Waals surface area contributed by atoms with Gasteiger partial charge in [-0.25, -0.2) is 4.79 Å². The maximum absolute atomic E-state index is 11.7. The Morgan fingerprint density at radius 1 is 1.25 bits per heavy atom. The van der Waals surface area contributed by atoms with Gasteiger partial charge in [0.15, 0.2) is 0 Å². The van der Waals surface area contributed by atoms with E-state index in [0.29, 0.717) is 5.69 Å². The summed E-state index contributed by atoms with van der Waals surface area (Å²) in [5.74, 6) is -0.618. The monoisotopic (exact) mass is 279 g/mol. The standard InChI is InChI=1S/C14H21N3O3/c1-14(2,3)20-13(19)17-11(12(16)18)8-9-4-6-10(15)7-5-9/h4-7,11H,8,15H2,1-3H3,(H2,16,18)(H,17,19)/t11-/m0/s1. The maximum atomic E-state index is 11.7. The third-order valence-corrected chi connectivity index (χ3v) is 2.45. The highest BCUT2D eigenvalue weighted by Gasteiger charge is 2.22. The van der Waals surface area contributed by atoms with Crippen LogP contribution in [-0.2, 0) is 16.0 Å². The first-order valence-electron chi connectivity index (χ1n) is 6.30. The van der Waals surface area contributed by atoms with Crippen molar-refractivity contribution in [2.45, 2.75) is 38.8 Å². The number of rotatable bonds is 4. The zero-order valence-corrected chi connectivity index (χ0v) is 12.0. The van der Waals surface area contributed by atoms with Crippen LogP contribution < -0.4 is 16.8 Å². The quantitative estimate of drug-likeness (QED) is 0.719. The molecule has 0 bridgehead atoms. The van der Waals surface area contributed by atoms with E-state index in [1.165, 1.54) is 0 Å². The number of primary amides is 1. The highest BCUT2D eigenvalue weighted by Crippen LogP contribution is 2.10. The second-order valence-corrected chi connectivity index (χ2v) is 5.55. The number of carbonyl (C=O) groups is 2. The summed E-state index contributed by atoms with van der Waals surface area (Å²) in [6, 6.07) is 6.18. The van der Waals surface area contributed by atoms with Gasteiger partial charge in [0.25, 0.3) is 0 Å². The average Bonchev–Trinajstić information content (AvgIpc) is 2.28. The average molecular weight is 279 g/mol. The maximum Gasteiger partial charge on any atom is 0.408 e. The predicted molar refractivity (Wildman–Crippen MR) is 76.9 cm³/mol. The smallest absolute Gasteiger partial charge is 0.408 e. The molecule has 0 saturated heterocycles. The molecule has 0 aliphatic carbocycles. The van der Waals surface area contributed by atoms with Crippen molar-refractivity contribution >= 4 is 17.7 Å². The van der Waals surface area contributed by atoms with Gasteiger partial charge in [0, 0.05) is 12.1 Å². The molecule has 0 fully saturated rings. The number of amides is 2. The number of hydrogen-bond acceptors (Lipinski definition) is 4. The minimum Gasteiger partial charge on any atom is -0.444 e. The molecule has 0 spiro atoms. The van der Waals surface area contributed by atoms with E-state index in [9.17, 15) is 9.59 Å². The number of nitrogens with one attached hydrogen (secondary N) is 1. The molecule has 0 aliphatic heterocycles. The summed E-state index contributed by atoms with van der Waals surface area (Å²) >= 11 is 0. The van der Waals surface area contributed by atoms with Gasteiger partial charge < -0.3 is 21.5 Å². The third-order valence-electron chi connectivity index (χ3n) is 2.45. The fourth-order valence-corrected chi connectivity index (χ4v) is 1.56. The molecule has 0 unspecified atom stereocenters. The number of nitrogens with two attached hydrogens (primary N) is 2. The van der Waals surface area contributed by atoms with E-state index in [4.69, 9.17) is 16.2 Å². The molecule has 1 aromatic rings. The Bertz CT molecular complexity index is 477. The zero-order chi connectivity index (χ0) is 15.3. The van der Waals surface area contributed by atoms with Crippen LogP contribution in [0.15, 0.2) is 24.3 Å². The Morgan fingerprint density at radius 3 is 2.25 bits per heavy atom. The van der Waals surface area contributed by atoms with Gasteiger partial charge >= 0.3 is 6.09 Å². The topological polar surface area (TPSA) is 107 Å². The number of alkyl carbamates (subject to hydrolysis) is 1. The van der Waals surface area contributed by atoms with Crippen molar-refractivity contribution in [3.63, 3.8) is 0 Å². The van der Waals surface area contributed by atoms with Crippen LogP contribution in [0.3, 0.4) is 0 Å². The normalized spacial score (nSPS) is 12.6. The van der Waals surface area contributed by atoms with Crippen LogP contribution in [0.1, 0.15) is 26.3 Å². The SMILES string of the molecule is CC(C)(C)OC(=O)N[C@@H](Cc1ccc(N)cc1)C(N)=O. The molecule has 1 aromatic carbocycles. The summed E-state index contributed by atoms with van der Waals surface area (Å²) < 4.78 is 5.10. The molecular weight excluding hydrogens is 258 g/mol. The van der Waals surface area contributed by atoms with Crippen LogP contribution in [0, 0.1) is 0 Å². The Kier molecular flexibility index (Phi) is 4.96. The van der Waals surface area contributed by atoms with Crippen LogP contribution >= 0.6 is 0 Å². The number of carbonyl (C=O) groups excluding carboxylic acids is 2. The fourth-order valence-electron chi connectivity index (χ4n) is 1.56. The highest BCUT2D eigenvalue weighted by molar-refractivity contribution is 5.84. The van der Waals surface area contributed by atoms with Gasteiger partial charge in [-0.15, -0.1) is 0 Å². The van der Waals surface area contributed by atoms with Crippen molar-refractivity contribution in [2.75, 3.05) is 5.73 Å². The summed E-state index contributed by atoms with van der Waals surface area (Å²) in [5, 5.41) is 2.47. The molecule has 5 N–H and O–H groups in total. The van der Waals surface area contributed by atoms with Crippen molar-refractivity contribution in [3.8, 4) is 0 Å². The molecule has 110 valence electrons. The Morgan fingerprint density at radius 2 is 1.80 bits per heavy atom. The van der Waals surface area contributed by atoms with Gasteiger partial charge in [-0.05, 0) is 38.5 Å². The van der Waals surface area contributed by atoms with Crippen molar-refractivity contribution in [1.82, 2.24) is 5.32 Å². The lowest BCUT2D eigenvalue weighted by atomic mass is 10.1. The van der Waals surface area contributed by atoms with Crippen LogP contribution in [0.4, 0.5) is 10.5 Å². The summed E-state index contributed by atoms with van der Waals surface area (Å²) in [7, 11) is 0. The zero-order valence-electron chi connectivity index (χ0n) is 12.0. The molecule has 6 heteroatoms. The largest absolute Gasteiger partial charge is 0.444 e. The van der Waals surface area contributed by atoms with Crippen LogP contribution in [0.2, 0.25) is 0 Å². The Hall–Kier alpha value is -2.24. The van der Waals surface area contributed by atoms with E-state index in [0.717, 1.165) is 5.56 Å². The number of hydrogen-bond donors (Lipinski definition) is 3. The first-order valence-corrected chi connectivity index (χ1v) is 6.30. The van der Waals surface area contributed by atoms with Crippen molar-refractivity contribution in [3.05, 3.63) is 29.8 Å². The van der Waals surface area contributed by atoms with Gasteiger partial charge in [0.05, 0.1) is 0 Å². The number of benzene rings is 1. The molecule has 0 aliphatic rings. The van der Waals surface area contributed by atoms with Gasteiger partial charge in [0.2, 0.25) is 5.91 Å². The molecule has 1 rings (SSSR count). The minimum absolute atomic E-state index is 0.287. The molecule has 0 saturated carbocycles. The van der Waals surface area contributed by atoms with Crippen LogP contribution in [0.5, 0.6) is 0 Å². The van der Waals surface area contributed by atoms with Gasteiger partial charge in [-0.1, -0.05) is 12.1 Å². The van der Waals surface area contributed by atoms with Crippen LogP contribution in [0.25, 0.3) is 0 Å². The first kappa shape index (κ1) is 15.8. The lowest BCUT2D eigenvalue weighted by molar-refractivity contribution is -0.120. The van der Waals surface area contributed by atoms with Gasteiger partial charge in [-0.2, -0.15) is 0 Å². The molecule has 0 radical (unpaired) electrons. The molecule has 0 aromatic heterocycles. The third kappa shape index (κ3) is 5.60. The van der Waals surface area contributed by atoms with Gasteiger partial charge in [-0.3, -0.25) is 4.79 Å². The van der Waals surface area contributed by atoms with E-state index >= 15 is 0 Å². The molecule has 0 heterocycles. The summed E-state index contributed by atoms with van der Waals surface area (Å²) in [4.78, 5) is 23.1. The van der Waals surface area contributed by atoms with E-state index in [1.807, 2.05) is 0 Å². The van der Waals surface area contributed by atoms with E-state index in [2.05, 4.69) is 5.32 Å². The first-order chi connectivity index (χ1) is 9.17. The van der Waals surface area contributed by atoms with E-state index in [1.54, 1.807) is 45.0 Å². The fraction of sp³-hybridized carbons (Fsp3) is 0.429. The lowest BCUT2D eigenvalue weighted by Gasteiger charge is -2.22. The second kappa shape index (κ2) is 6.27. The highest BCUT2D eigenvalue weighted by atomic mass is 16.6. The van der Waals surface area contributed by atoms with Crippen molar-refractivity contribution < 1.29 is 14.3 Å². The lowest BCUT2D eigenvalue weighted by Crippen LogP contribution is -2.47. The molecule has 1 atom stereocenters. The van der Waals surface area contributed by atoms with Crippen molar-refractivity contribution in [1.29, 1.82) is 0 Å². The predicted octanol–water partition coefficient (Wildman–Crippen LogP) is 1.19. The van der Waals surface area contributed by atoms with E-state index in [-0.39, 0.29) is 6.42 Å². The summed E-state index contributed by atoms with van der Waals surface area (Å²) in [5.41, 5.74) is 11.7. The van der Waals surface area contributed by atoms with Crippen LogP contribution in [-0.4, -0.2) is 23.6 Å². The Labute approximate surface area is 118 Å². The number of anilines is 1. The van der Waals surface area contributed by atoms with Crippen molar-refractivity contribution in [2.24, 2.45) is 5.73 Å². The molecule has 2 amide bonds. The molecular formula is C14H21N3O3. The second-order valence-electron chi connectivity index (χ2n) is 5.55. The van der Waals surface area contributed by atoms with E-state index < -0.39 is 23.6 Å². The Balaban J connectivity index is 2.68. The molecule has 20 heavy (non-hydrogen) atoms. The summed E-state index contributed by atoms with van der Waals surface area (Å²) in [6.07, 6.45) is -0.383. The number of ether oxygens (including phenoxy) is 1. The minimum atomic E-state index is -0.825. The molecule has 6 nitrogen and oxygen atoms in total. The van der Waals surface area contributed by atoms with Gasteiger partial charge in [0.1, 0.15) is 11.6 Å².